The molecule has 12 heteroatoms. The van der Waals surface area contributed by atoms with Gasteiger partial charge < -0.3 is 18.9 Å². The normalized spacial score (nSPS) is 11.8. The first kappa shape index (κ1) is 27.8. The average Bonchev–Trinajstić information content (AvgIpc) is 2.87. The van der Waals surface area contributed by atoms with Crippen molar-refractivity contribution in [1.82, 2.24) is 0 Å². The van der Waals surface area contributed by atoms with Crippen LogP contribution in [0, 0.1) is 6.92 Å². The van der Waals surface area contributed by atoms with Crippen molar-refractivity contribution in [2.24, 2.45) is 0 Å². The van der Waals surface area contributed by atoms with E-state index < -0.39 is 25.0 Å². The van der Waals surface area contributed by atoms with Gasteiger partial charge in [-0.2, -0.15) is 8.42 Å². The Bertz CT molecular complexity index is 1520. The first-order chi connectivity index (χ1) is 17.4. The fraction of sp³-hybridized carbons (Fsp3) is 0.200. The number of sulfonamides is 1. The zero-order valence-electron chi connectivity index (χ0n) is 20.8. The van der Waals surface area contributed by atoms with Gasteiger partial charge in [0.15, 0.2) is 0 Å². The van der Waals surface area contributed by atoms with Gasteiger partial charge in [-0.05, 0) is 36.8 Å². The Morgan fingerprint density at radius 1 is 0.784 bits per heavy atom. The van der Waals surface area contributed by atoms with E-state index in [9.17, 15) is 21.4 Å². The zero-order valence-corrected chi connectivity index (χ0v) is 22.4. The van der Waals surface area contributed by atoms with Gasteiger partial charge >= 0.3 is 0 Å². The van der Waals surface area contributed by atoms with Crippen molar-refractivity contribution >= 4 is 31.9 Å². The first-order valence-corrected chi connectivity index (χ1v) is 13.7. The fourth-order valence-electron chi connectivity index (χ4n) is 3.63. The molecule has 10 nitrogen and oxygen atoms in total. The third-order valence-corrected chi connectivity index (χ3v) is 7.31. The van der Waals surface area contributed by atoms with Crippen LogP contribution in [0.25, 0.3) is 17.2 Å². The van der Waals surface area contributed by atoms with Crippen LogP contribution in [-0.4, -0.2) is 49.8 Å². The lowest BCUT2D eigenvalue weighted by molar-refractivity contribution is 0.374. The summed E-state index contributed by atoms with van der Waals surface area (Å²) in [5, 5.41) is 0.889. The average molecular weight is 550 g/mol. The summed E-state index contributed by atoms with van der Waals surface area (Å²) in [5.74, 6) is 1.46. The number of benzene rings is 3. The Balaban J connectivity index is 2.06. The van der Waals surface area contributed by atoms with Crippen LogP contribution >= 0.6 is 0 Å². The lowest BCUT2D eigenvalue weighted by Gasteiger charge is -2.16. The maximum Gasteiger partial charge on any atom is 0.295 e. The minimum Gasteiger partial charge on any atom is -0.496 e. The van der Waals surface area contributed by atoms with Crippen LogP contribution in [-0.2, 0) is 20.1 Å². The molecule has 2 N–H and O–H groups in total. The Labute approximate surface area is 216 Å². The van der Waals surface area contributed by atoms with Crippen molar-refractivity contribution in [2.45, 2.75) is 11.8 Å². The number of nitrogens with one attached hydrogen (secondary N) is 1. The summed E-state index contributed by atoms with van der Waals surface area (Å²) in [6.07, 6.45) is 1.28. The standard InChI is InChI=1S/C25H27NO9S2/c1-16-12-20(18-8-6-7-9-22(18)33-3)25(37(29,30)31)15-21(16)26-36(27,28)11-10-19-23(34-4)13-17(32-2)14-24(19)35-5/h6-15,26H,1-5H3,(H,29,30,31)/b11-10+. The molecule has 0 aliphatic carbocycles. The topological polar surface area (TPSA) is 137 Å². The maximum atomic E-state index is 12.9. The maximum absolute atomic E-state index is 12.9. The van der Waals surface area contributed by atoms with Gasteiger partial charge in [0.05, 0.1) is 45.1 Å². The number of methoxy groups -OCH3 is 4. The highest BCUT2D eigenvalue weighted by molar-refractivity contribution is 7.95. The van der Waals surface area contributed by atoms with Crippen molar-refractivity contribution in [3.8, 4) is 34.1 Å². The molecule has 0 fully saturated rings. The summed E-state index contributed by atoms with van der Waals surface area (Å²) in [4.78, 5) is -0.484. The second-order valence-electron chi connectivity index (χ2n) is 7.73. The van der Waals surface area contributed by atoms with Gasteiger partial charge in [0.1, 0.15) is 27.9 Å². The van der Waals surface area contributed by atoms with Gasteiger partial charge in [0.2, 0.25) is 0 Å². The molecule has 0 atom stereocenters. The zero-order chi connectivity index (χ0) is 27.4. The number of anilines is 1. The molecule has 37 heavy (non-hydrogen) atoms. The lowest BCUT2D eigenvalue weighted by Crippen LogP contribution is -2.12. The van der Waals surface area contributed by atoms with Crippen LogP contribution < -0.4 is 23.7 Å². The molecule has 3 rings (SSSR count). The van der Waals surface area contributed by atoms with Crippen LogP contribution in [0.2, 0.25) is 0 Å². The van der Waals surface area contributed by atoms with E-state index in [0.29, 0.717) is 39.7 Å². The van der Waals surface area contributed by atoms with Gasteiger partial charge in [-0.3, -0.25) is 9.27 Å². The third-order valence-electron chi connectivity index (χ3n) is 5.42. The van der Waals surface area contributed by atoms with Crippen molar-refractivity contribution in [3.63, 3.8) is 0 Å². The Hall–Kier alpha value is -3.74. The molecule has 198 valence electrons. The Morgan fingerprint density at radius 3 is 1.92 bits per heavy atom. The fourth-order valence-corrected chi connectivity index (χ4v) is 5.25. The minimum atomic E-state index is -4.73. The predicted octanol–water partition coefficient (Wildman–Crippen LogP) is 4.36. The number of rotatable bonds is 10. The van der Waals surface area contributed by atoms with Gasteiger partial charge in [-0.1, -0.05) is 18.2 Å². The summed E-state index contributed by atoms with van der Waals surface area (Å²) in [7, 11) is -3.14. The van der Waals surface area contributed by atoms with E-state index in [2.05, 4.69) is 4.72 Å². The van der Waals surface area contributed by atoms with E-state index in [-0.39, 0.29) is 11.3 Å². The molecule has 0 unspecified atom stereocenters. The van der Waals surface area contributed by atoms with Gasteiger partial charge in [0, 0.05) is 23.3 Å². The van der Waals surface area contributed by atoms with E-state index in [0.717, 1.165) is 11.5 Å². The Morgan fingerprint density at radius 2 is 1.38 bits per heavy atom. The predicted molar refractivity (Wildman–Crippen MR) is 141 cm³/mol. The van der Waals surface area contributed by atoms with Crippen molar-refractivity contribution in [3.05, 3.63) is 65.1 Å². The van der Waals surface area contributed by atoms with Gasteiger partial charge in [-0.15, -0.1) is 0 Å². The number of aryl methyl sites for hydroxylation is 1. The van der Waals surface area contributed by atoms with Crippen molar-refractivity contribution in [2.75, 3.05) is 33.2 Å². The molecule has 0 aromatic heterocycles. The summed E-state index contributed by atoms with van der Waals surface area (Å²) in [6, 6.07) is 12.3. The molecule has 3 aromatic rings. The molecule has 0 amide bonds. The van der Waals surface area contributed by atoms with Crippen LogP contribution in [0.5, 0.6) is 23.0 Å². The van der Waals surface area contributed by atoms with E-state index in [1.807, 2.05) is 0 Å². The van der Waals surface area contributed by atoms with Crippen LogP contribution in [0.1, 0.15) is 11.1 Å². The Kier molecular flexibility index (Phi) is 8.36. The lowest BCUT2D eigenvalue weighted by atomic mass is 10.0. The molecular formula is C25H27NO9S2. The molecule has 0 radical (unpaired) electrons. The molecular weight excluding hydrogens is 522 g/mol. The molecule has 0 aliphatic heterocycles. The summed E-state index contributed by atoms with van der Waals surface area (Å²) < 4.78 is 83.8. The minimum absolute atomic E-state index is 0.0374. The van der Waals surface area contributed by atoms with Crippen LogP contribution in [0.15, 0.2) is 58.8 Å². The monoisotopic (exact) mass is 549 g/mol. The molecule has 0 saturated heterocycles. The van der Waals surface area contributed by atoms with Crippen LogP contribution in [0.3, 0.4) is 0 Å². The summed E-state index contributed by atoms with van der Waals surface area (Å²) in [6.45, 7) is 1.60. The van der Waals surface area contributed by atoms with Gasteiger partial charge in [0.25, 0.3) is 20.1 Å². The largest absolute Gasteiger partial charge is 0.496 e. The molecule has 0 heterocycles. The molecule has 0 spiro atoms. The number of hydrogen-bond donors (Lipinski definition) is 2. The second kappa shape index (κ2) is 11.1. The van der Waals surface area contributed by atoms with Crippen molar-refractivity contribution in [1.29, 1.82) is 0 Å². The quantitative estimate of drug-likeness (QED) is 0.353. The van der Waals surface area contributed by atoms with E-state index >= 15 is 0 Å². The molecule has 0 bridgehead atoms. The van der Waals surface area contributed by atoms with E-state index in [1.165, 1.54) is 40.6 Å². The smallest absolute Gasteiger partial charge is 0.295 e. The summed E-state index contributed by atoms with van der Waals surface area (Å²) >= 11 is 0. The second-order valence-corrected chi connectivity index (χ2v) is 10.7. The SMILES string of the molecule is COc1cc(OC)c(/C=C/S(=O)(=O)Nc2cc(S(=O)(=O)O)c(-c3ccccc3OC)cc2C)c(OC)c1. The summed E-state index contributed by atoms with van der Waals surface area (Å²) in [5.41, 5.74) is 1.28. The van der Waals surface area contributed by atoms with Crippen molar-refractivity contribution < 1.29 is 40.3 Å². The molecule has 3 aromatic carbocycles. The van der Waals surface area contributed by atoms with E-state index in [1.54, 1.807) is 43.3 Å². The molecule has 0 saturated carbocycles. The number of ether oxygens (including phenoxy) is 4. The highest BCUT2D eigenvalue weighted by Crippen LogP contribution is 2.38. The number of hydrogen-bond acceptors (Lipinski definition) is 8. The van der Waals surface area contributed by atoms with E-state index in [4.69, 9.17) is 18.9 Å². The van der Waals surface area contributed by atoms with Crippen LogP contribution in [0.4, 0.5) is 5.69 Å². The highest BCUT2D eigenvalue weighted by atomic mass is 32.2. The highest BCUT2D eigenvalue weighted by Gasteiger charge is 2.22. The number of para-hydroxylation sites is 1. The third kappa shape index (κ3) is 6.34. The van der Waals surface area contributed by atoms with Gasteiger partial charge in [-0.25, -0.2) is 8.42 Å². The molecule has 0 aliphatic rings. The first-order valence-electron chi connectivity index (χ1n) is 10.7.